The highest BCUT2D eigenvalue weighted by molar-refractivity contribution is 5.56. The van der Waals surface area contributed by atoms with Crippen LogP contribution in [0.1, 0.15) is 5.56 Å². The second-order valence-electron chi connectivity index (χ2n) is 3.94. The molecule has 0 atom stereocenters. The second kappa shape index (κ2) is 5.34. The Labute approximate surface area is 110 Å². The fourth-order valence-electron chi connectivity index (χ4n) is 1.55. The van der Waals surface area contributed by atoms with Crippen LogP contribution in [0.25, 0.3) is 0 Å². The van der Waals surface area contributed by atoms with Crippen LogP contribution in [-0.4, -0.2) is 17.0 Å². The van der Waals surface area contributed by atoms with E-state index in [-0.39, 0.29) is 11.5 Å². The predicted octanol–water partition coefficient (Wildman–Crippen LogP) is 3.13. The zero-order valence-corrected chi connectivity index (χ0v) is 10.6. The van der Waals surface area contributed by atoms with Crippen molar-refractivity contribution < 1.29 is 9.66 Å². The monoisotopic (exact) mass is 259 g/mol. The number of nitro groups is 1. The Morgan fingerprint density at radius 3 is 2.47 bits per heavy atom. The van der Waals surface area contributed by atoms with Crippen molar-refractivity contribution >= 4 is 11.5 Å². The van der Waals surface area contributed by atoms with Gasteiger partial charge in [-0.05, 0) is 19.1 Å². The first-order chi connectivity index (χ1) is 9.10. The van der Waals surface area contributed by atoms with E-state index in [0.29, 0.717) is 11.6 Å². The minimum absolute atomic E-state index is 0.0845. The summed E-state index contributed by atoms with van der Waals surface area (Å²) in [6, 6.07) is 10.3. The van der Waals surface area contributed by atoms with Crippen molar-refractivity contribution in [1.82, 2.24) is 4.98 Å². The molecule has 0 fully saturated rings. The molecule has 0 bridgehead atoms. The molecule has 0 spiro atoms. The average Bonchev–Trinajstić information content (AvgIpc) is 2.41. The Kier molecular flexibility index (Phi) is 3.61. The Morgan fingerprint density at radius 1 is 1.21 bits per heavy atom. The number of anilines is 1. The molecule has 1 aromatic heterocycles. The number of rotatable bonds is 4. The number of pyridine rings is 1. The van der Waals surface area contributed by atoms with Gasteiger partial charge in [-0.3, -0.25) is 10.1 Å². The van der Waals surface area contributed by atoms with Crippen LogP contribution in [0.15, 0.2) is 36.4 Å². The first-order valence-corrected chi connectivity index (χ1v) is 5.68. The number of ether oxygens (including phenoxy) is 1. The van der Waals surface area contributed by atoms with E-state index in [1.807, 2.05) is 31.2 Å². The van der Waals surface area contributed by atoms with Crippen LogP contribution in [0.3, 0.4) is 0 Å². The Hall–Kier alpha value is -2.63. The highest BCUT2D eigenvalue weighted by Crippen LogP contribution is 2.27. The van der Waals surface area contributed by atoms with Crippen molar-refractivity contribution in [1.29, 1.82) is 0 Å². The van der Waals surface area contributed by atoms with Crippen LogP contribution in [0.5, 0.6) is 11.6 Å². The van der Waals surface area contributed by atoms with Crippen LogP contribution in [0.4, 0.5) is 11.5 Å². The minimum Gasteiger partial charge on any atom is -0.439 e. The van der Waals surface area contributed by atoms with Gasteiger partial charge in [0.15, 0.2) is 0 Å². The van der Waals surface area contributed by atoms with E-state index in [9.17, 15) is 10.1 Å². The molecule has 1 aromatic carbocycles. The van der Waals surface area contributed by atoms with Gasteiger partial charge in [0.05, 0.1) is 4.92 Å². The van der Waals surface area contributed by atoms with Crippen LogP contribution < -0.4 is 10.1 Å². The van der Waals surface area contributed by atoms with E-state index in [1.54, 1.807) is 7.05 Å². The second-order valence-corrected chi connectivity index (χ2v) is 3.94. The van der Waals surface area contributed by atoms with Crippen molar-refractivity contribution in [3.05, 3.63) is 52.1 Å². The minimum atomic E-state index is -0.492. The van der Waals surface area contributed by atoms with E-state index in [0.717, 1.165) is 5.56 Å². The molecule has 1 heterocycles. The Balaban J connectivity index is 2.26. The molecular weight excluding hydrogens is 246 g/mol. The molecular formula is C13H13N3O3. The lowest BCUT2D eigenvalue weighted by Gasteiger charge is -2.07. The van der Waals surface area contributed by atoms with Gasteiger partial charge in [0, 0.05) is 19.2 Å². The van der Waals surface area contributed by atoms with Gasteiger partial charge in [-0.15, -0.1) is 0 Å². The SMILES string of the molecule is CNc1nc(Oc2ccc(C)cc2)ccc1[N+](=O)[O-]. The third-order valence-corrected chi connectivity index (χ3v) is 2.53. The zero-order valence-electron chi connectivity index (χ0n) is 10.6. The van der Waals surface area contributed by atoms with Crippen LogP contribution >= 0.6 is 0 Å². The van der Waals surface area contributed by atoms with Crippen molar-refractivity contribution in [3.8, 4) is 11.6 Å². The van der Waals surface area contributed by atoms with E-state index in [2.05, 4.69) is 10.3 Å². The topological polar surface area (TPSA) is 77.3 Å². The average molecular weight is 259 g/mol. The van der Waals surface area contributed by atoms with Crippen molar-refractivity contribution in [2.24, 2.45) is 0 Å². The summed E-state index contributed by atoms with van der Waals surface area (Å²) in [5.41, 5.74) is 1.04. The van der Waals surface area contributed by atoms with Gasteiger partial charge in [0.1, 0.15) is 5.75 Å². The summed E-state index contributed by atoms with van der Waals surface area (Å²) in [4.78, 5) is 14.3. The number of nitrogens with zero attached hydrogens (tertiary/aromatic N) is 2. The number of aryl methyl sites for hydroxylation is 1. The summed E-state index contributed by atoms with van der Waals surface area (Å²) in [5, 5.41) is 13.5. The number of aromatic nitrogens is 1. The van der Waals surface area contributed by atoms with E-state index >= 15 is 0 Å². The lowest BCUT2D eigenvalue weighted by Crippen LogP contribution is -2.00. The van der Waals surface area contributed by atoms with Gasteiger partial charge in [-0.1, -0.05) is 17.7 Å². The van der Waals surface area contributed by atoms with Gasteiger partial charge >= 0.3 is 5.69 Å². The molecule has 0 saturated carbocycles. The molecule has 19 heavy (non-hydrogen) atoms. The highest BCUT2D eigenvalue weighted by atomic mass is 16.6. The molecule has 6 nitrogen and oxygen atoms in total. The molecule has 2 aromatic rings. The number of nitrogens with one attached hydrogen (secondary N) is 1. The standard InChI is InChI=1S/C13H13N3O3/c1-9-3-5-10(6-4-9)19-12-8-7-11(16(17)18)13(14-2)15-12/h3-8H,1-2H3,(H,14,15). The molecule has 0 aliphatic carbocycles. The summed E-state index contributed by atoms with van der Waals surface area (Å²) in [5.74, 6) is 1.11. The molecule has 0 unspecified atom stereocenters. The smallest absolute Gasteiger partial charge is 0.311 e. The number of hydrogen-bond acceptors (Lipinski definition) is 5. The molecule has 0 aliphatic heterocycles. The molecule has 6 heteroatoms. The first kappa shape index (κ1) is 12.8. The summed E-state index contributed by atoms with van der Waals surface area (Å²) >= 11 is 0. The summed E-state index contributed by atoms with van der Waals surface area (Å²) in [7, 11) is 1.57. The maximum absolute atomic E-state index is 10.8. The summed E-state index contributed by atoms with van der Waals surface area (Å²) in [6.45, 7) is 1.98. The third kappa shape index (κ3) is 2.98. The maximum atomic E-state index is 10.8. The Bertz CT molecular complexity index is 597. The van der Waals surface area contributed by atoms with Gasteiger partial charge in [-0.25, -0.2) is 0 Å². The molecule has 0 amide bonds. The lowest BCUT2D eigenvalue weighted by molar-refractivity contribution is -0.384. The largest absolute Gasteiger partial charge is 0.439 e. The van der Waals surface area contributed by atoms with E-state index in [1.165, 1.54) is 12.1 Å². The summed E-state index contributed by atoms with van der Waals surface area (Å²) < 4.78 is 5.54. The predicted molar refractivity (Wildman–Crippen MR) is 71.7 cm³/mol. The van der Waals surface area contributed by atoms with E-state index in [4.69, 9.17) is 4.74 Å². The van der Waals surface area contributed by atoms with Gasteiger partial charge in [0.25, 0.3) is 0 Å². The normalized spacial score (nSPS) is 10.0. The zero-order chi connectivity index (χ0) is 13.8. The van der Waals surface area contributed by atoms with Crippen molar-refractivity contribution in [2.75, 3.05) is 12.4 Å². The number of hydrogen-bond donors (Lipinski definition) is 1. The van der Waals surface area contributed by atoms with Crippen molar-refractivity contribution in [3.63, 3.8) is 0 Å². The highest BCUT2D eigenvalue weighted by Gasteiger charge is 2.15. The maximum Gasteiger partial charge on any atom is 0.311 e. The molecule has 2 rings (SSSR count). The lowest BCUT2D eigenvalue weighted by atomic mass is 10.2. The molecule has 0 radical (unpaired) electrons. The van der Waals surface area contributed by atoms with Crippen LogP contribution in [0.2, 0.25) is 0 Å². The fourth-order valence-corrected chi connectivity index (χ4v) is 1.55. The molecule has 1 N–H and O–H groups in total. The van der Waals surface area contributed by atoms with Gasteiger partial charge in [0.2, 0.25) is 11.7 Å². The fraction of sp³-hybridized carbons (Fsp3) is 0.154. The van der Waals surface area contributed by atoms with Crippen LogP contribution in [0, 0.1) is 17.0 Å². The molecule has 98 valence electrons. The van der Waals surface area contributed by atoms with Gasteiger partial charge < -0.3 is 10.1 Å². The van der Waals surface area contributed by atoms with Gasteiger partial charge in [-0.2, -0.15) is 4.98 Å². The quantitative estimate of drug-likeness (QED) is 0.674. The number of benzene rings is 1. The van der Waals surface area contributed by atoms with E-state index < -0.39 is 4.92 Å². The molecule has 0 aliphatic rings. The Morgan fingerprint density at radius 2 is 1.89 bits per heavy atom. The first-order valence-electron chi connectivity index (χ1n) is 5.68. The van der Waals surface area contributed by atoms with Crippen molar-refractivity contribution in [2.45, 2.75) is 6.92 Å². The third-order valence-electron chi connectivity index (χ3n) is 2.53. The molecule has 0 saturated heterocycles. The van der Waals surface area contributed by atoms with Crippen LogP contribution in [-0.2, 0) is 0 Å². The summed E-state index contributed by atoms with van der Waals surface area (Å²) in [6.07, 6.45) is 0.